The molecule has 0 aromatic heterocycles. The lowest BCUT2D eigenvalue weighted by atomic mass is 10.2. The molecule has 0 aliphatic rings. The van der Waals surface area contributed by atoms with Gasteiger partial charge in [-0.1, -0.05) is 23.2 Å². The number of hydrogen-bond acceptors (Lipinski definition) is 4. The fraction of sp³-hybridized carbons (Fsp3) is 0.400. The van der Waals surface area contributed by atoms with Crippen LogP contribution in [0.5, 0.6) is 5.75 Å². The maximum absolute atomic E-state index is 6.11. The van der Waals surface area contributed by atoms with Gasteiger partial charge in [0.2, 0.25) is 0 Å². The van der Waals surface area contributed by atoms with E-state index in [2.05, 4.69) is 5.43 Å². The number of halogens is 2. The van der Waals surface area contributed by atoms with E-state index in [1.807, 2.05) is 11.9 Å². The van der Waals surface area contributed by atoms with Gasteiger partial charge in [-0.3, -0.25) is 10.7 Å². The number of ether oxygens (including phenoxy) is 1. The van der Waals surface area contributed by atoms with Crippen LogP contribution in [0.4, 0.5) is 0 Å². The highest BCUT2D eigenvalue weighted by Crippen LogP contribution is 2.31. The third-order valence-corrected chi connectivity index (χ3v) is 2.77. The summed E-state index contributed by atoms with van der Waals surface area (Å²) in [4.78, 5) is 1.98. The van der Waals surface area contributed by atoms with E-state index in [1.165, 1.54) is 0 Å². The summed E-state index contributed by atoms with van der Waals surface area (Å²) in [5.41, 5.74) is 3.50. The van der Waals surface area contributed by atoms with E-state index in [1.54, 1.807) is 19.2 Å². The summed E-state index contributed by atoms with van der Waals surface area (Å²) >= 11 is 12.1. The second-order valence-electron chi connectivity index (χ2n) is 3.45. The average molecular weight is 264 g/mol. The van der Waals surface area contributed by atoms with Crippen LogP contribution < -0.4 is 16.0 Å². The van der Waals surface area contributed by atoms with Crippen LogP contribution in [0.3, 0.4) is 0 Å². The van der Waals surface area contributed by atoms with Crippen LogP contribution in [-0.2, 0) is 6.54 Å². The fourth-order valence-corrected chi connectivity index (χ4v) is 1.83. The molecule has 0 saturated heterocycles. The molecule has 0 unspecified atom stereocenters. The van der Waals surface area contributed by atoms with Crippen LogP contribution >= 0.6 is 23.2 Å². The number of benzene rings is 1. The molecule has 0 amide bonds. The number of hydrazine groups is 1. The molecule has 90 valence electrons. The van der Waals surface area contributed by atoms with Crippen molar-refractivity contribution in [1.82, 2.24) is 10.3 Å². The van der Waals surface area contributed by atoms with E-state index in [-0.39, 0.29) is 0 Å². The molecule has 1 aromatic rings. The highest BCUT2D eigenvalue weighted by molar-refractivity contribution is 6.34. The molecule has 0 fully saturated rings. The topological polar surface area (TPSA) is 50.5 Å². The molecule has 1 rings (SSSR count). The molecule has 1 aromatic carbocycles. The Labute approximate surface area is 105 Å². The molecule has 4 nitrogen and oxygen atoms in total. The first-order valence-corrected chi connectivity index (χ1v) is 5.48. The fourth-order valence-electron chi connectivity index (χ4n) is 1.35. The zero-order chi connectivity index (χ0) is 12.1. The predicted octanol–water partition coefficient (Wildman–Crippen LogP) is 1.85. The van der Waals surface area contributed by atoms with E-state index in [9.17, 15) is 0 Å². The Balaban J connectivity index is 2.85. The standard InChI is InChI=1S/C10H15Cl2N3O/c1-15(6-14-13)5-7-3-9(12)10(16-2)4-8(7)11/h3-4,14H,5-6,13H2,1-2H3. The molecule has 0 spiro atoms. The first kappa shape index (κ1) is 13.5. The molecule has 6 heteroatoms. The summed E-state index contributed by atoms with van der Waals surface area (Å²) in [5.74, 6) is 5.80. The summed E-state index contributed by atoms with van der Waals surface area (Å²) in [7, 11) is 3.48. The SMILES string of the molecule is COc1cc(Cl)c(CN(C)CNN)cc1Cl. The summed E-state index contributed by atoms with van der Waals surface area (Å²) in [6, 6.07) is 3.51. The van der Waals surface area contributed by atoms with Crippen molar-refractivity contribution >= 4 is 23.2 Å². The molecule has 16 heavy (non-hydrogen) atoms. The van der Waals surface area contributed by atoms with Gasteiger partial charge in [0.1, 0.15) is 5.75 Å². The molecule has 0 atom stereocenters. The smallest absolute Gasteiger partial charge is 0.138 e. The Morgan fingerprint density at radius 3 is 2.62 bits per heavy atom. The summed E-state index contributed by atoms with van der Waals surface area (Å²) in [6.45, 7) is 1.23. The first-order valence-electron chi connectivity index (χ1n) is 4.72. The summed E-state index contributed by atoms with van der Waals surface area (Å²) in [6.07, 6.45) is 0. The Morgan fingerprint density at radius 2 is 2.06 bits per heavy atom. The largest absolute Gasteiger partial charge is 0.495 e. The number of hydrogen-bond donors (Lipinski definition) is 2. The van der Waals surface area contributed by atoms with Gasteiger partial charge >= 0.3 is 0 Å². The van der Waals surface area contributed by atoms with Crippen LogP contribution in [0.2, 0.25) is 10.0 Å². The van der Waals surface area contributed by atoms with Gasteiger partial charge in [-0.2, -0.15) is 0 Å². The van der Waals surface area contributed by atoms with Crippen molar-refractivity contribution in [3.05, 3.63) is 27.7 Å². The number of nitrogens with one attached hydrogen (secondary N) is 1. The number of rotatable bonds is 5. The lowest BCUT2D eigenvalue weighted by Crippen LogP contribution is -2.35. The minimum Gasteiger partial charge on any atom is -0.495 e. The molecule has 3 N–H and O–H groups in total. The molecule has 0 bridgehead atoms. The average Bonchev–Trinajstić information content (AvgIpc) is 2.23. The van der Waals surface area contributed by atoms with Crippen LogP contribution in [0.25, 0.3) is 0 Å². The van der Waals surface area contributed by atoms with Gasteiger partial charge in [-0.15, -0.1) is 0 Å². The molecule has 0 saturated carbocycles. The van der Waals surface area contributed by atoms with Crippen LogP contribution in [0, 0.1) is 0 Å². The second kappa shape index (κ2) is 6.27. The maximum atomic E-state index is 6.11. The van der Waals surface area contributed by atoms with Crippen molar-refractivity contribution in [3.8, 4) is 5.75 Å². The first-order chi connectivity index (χ1) is 7.58. The molecule has 0 aliphatic carbocycles. The Bertz CT molecular complexity index is 360. The zero-order valence-electron chi connectivity index (χ0n) is 9.26. The molecular weight excluding hydrogens is 249 g/mol. The number of nitrogens with zero attached hydrogens (tertiary/aromatic N) is 1. The van der Waals surface area contributed by atoms with Crippen molar-refractivity contribution in [3.63, 3.8) is 0 Å². The van der Waals surface area contributed by atoms with E-state index in [0.29, 0.717) is 29.0 Å². The summed E-state index contributed by atoms with van der Waals surface area (Å²) in [5, 5.41) is 1.18. The van der Waals surface area contributed by atoms with Gasteiger partial charge in [0.15, 0.2) is 0 Å². The lowest BCUT2D eigenvalue weighted by Gasteiger charge is -2.17. The van der Waals surface area contributed by atoms with Crippen LogP contribution in [0.15, 0.2) is 12.1 Å². The Morgan fingerprint density at radius 1 is 1.38 bits per heavy atom. The molecular formula is C10H15Cl2N3O. The molecule has 0 radical (unpaired) electrons. The Kier molecular flexibility index (Phi) is 5.31. The Hall–Kier alpha value is -0.520. The van der Waals surface area contributed by atoms with Crippen molar-refractivity contribution in [2.24, 2.45) is 5.84 Å². The van der Waals surface area contributed by atoms with Crippen molar-refractivity contribution in [1.29, 1.82) is 0 Å². The number of nitrogens with two attached hydrogens (primary N) is 1. The zero-order valence-corrected chi connectivity index (χ0v) is 10.8. The van der Waals surface area contributed by atoms with Gasteiger partial charge in [0.05, 0.1) is 18.8 Å². The monoisotopic (exact) mass is 263 g/mol. The highest BCUT2D eigenvalue weighted by Gasteiger charge is 2.09. The third-order valence-electron chi connectivity index (χ3n) is 2.12. The van der Waals surface area contributed by atoms with Gasteiger partial charge in [0, 0.05) is 17.6 Å². The van der Waals surface area contributed by atoms with Crippen molar-refractivity contribution in [2.45, 2.75) is 6.54 Å². The van der Waals surface area contributed by atoms with Gasteiger partial charge in [-0.05, 0) is 18.7 Å². The third kappa shape index (κ3) is 3.50. The molecule has 0 aliphatic heterocycles. The lowest BCUT2D eigenvalue weighted by molar-refractivity contribution is 0.301. The quantitative estimate of drug-likeness (QED) is 0.484. The van der Waals surface area contributed by atoms with Crippen LogP contribution in [0.1, 0.15) is 5.56 Å². The van der Waals surface area contributed by atoms with E-state index >= 15 is 0 Å². The minimum absolute atomic E-state index is 0.552. The normalized spacial score (nSPS) is 10.9. The maximum Gasteiger partial charge on any atom is 0.138 e. The predicted molar refractivity (Wildman–Crippen MR) is 66.7 cm³/mol. The van der Waals surface area contributed by atoms with Crippen LogP contribution in [-0.4, -0.2) is 25.7 Å². The molecule has 0 heterocycles. The highest BCUT2D eigenvalue weighted by atomic mass is 35.5. The van der Waals surface area contributed by atoms with E-state index in [4.69, 9.17) is 33.8 Å². The minimum atomic E-state index is 0.552. The number of methoxy groups -OCH3 is 1. The van der Waals surface area contributed by atoms with Gasteiger partial charge < -0.3 is 4.74 Å². The summed E-state index contributed by atoms with van der Waals surface area (Å²) < 4.78 is 5.07. The van der Waals surface area contributed by atoms with E-state index < -0.39 is 0 Å². The van der Waals surface area contributed by atoms with Gasteiger partial charge in [-0.25, -0.2) is 5.43 Å². The van der Waals surface area contributed by atoms with E-state index in [0.717, 1.165) is 5.56 Å². The van der Waals surface area contributed by atoms with Gasteiger partial charge in [0.25, 0.3) is 0 Å². The second-order valence-corrected chi connectivity index (χ2v) is 4.27. The van der Waals surface area contributed by atoms with Crippen molar-refractivity contribution < 1.29 is 4.74 Å². The van der Waals surface area contributed by atoms with Crippen molar-refractivity contribution in [2.75, 3.05) is 20.8 Å².